The highest BCUT2D eigenvalue weighted by Crippen LogP contribution is 2.50. The van der Waals surface area contributed by atoms with E-state index >= 15 is 0 Å². The highest BCUT2D eigenvalue weighted by atomic mass is 32.2. The summed E-state index contributed by atoms with van der Waals surface area (Å²) in [6.45, 7) is 8.14. The molecule has 0 atom stereocenters. The molecule has 0 saturated heterocycles. The summed E-state index contributed by atoms with van der Waals surface area (Å²) in [7, 11) is 0. The van der Waals surface area contributed by atoms with Crippen molar-refractivity contribution in [3.05, 3.63) is 87.7 Å². The molecule has 1 heterocycles. The van der Waals surface area contributed by atoms with E-state index in [0.29, 0.717) is 0 Å². The van der Waals surface area contributed by atoms with E-state index in [9.17, 15) is 4.79 Å². The van der Waals surface area contributed by atoms with Crippen LogP contribution in [0.15, 0.2) is 70.6 Å². The average Bonchev–Trinajstić information content (AvgIpc) is 3.20. The van der Waals surface area contributed by atoms with Gasteiger partial charge in [-0.3, -0.25) is 9.36 Å². The fourth-order valence-corrected chi connectivity index (χ4v) is 6.14. The van der Waals surface area contributed by atoms with Gasteiger partial charge in [0, 0.05) is 16.7 Å². The summed E-state index contributed by atoms with van der Waals surface area (Å²) in [5, 5.41) is 0.752. The van der Waals surface area contributed by atoms with E-state index in [-0.39, 0.29) is 11.0 Å². The van der Waals surface area contributed by atoms with Crippen LogP contribution in [0.1, 0.15) is 49.3 Å². The van der Waals surface area contributed by atoms with Gasteiger partial charge in [0.15, 0.2) is 5.16 Å². The normalized spacial score (nSPS) is 16.2. The first-order valence-corrected chi connectivity index (χ1v) is 12.1. The predicted octanol–water partition coefficient (Wildman–Crippen LogP) is 6.24. The summed E-state index contributed by atoms with van der Waals surface area (Å²) in [6.07, 6.45) is 5.43. The van der Waals surface area contributed by atoms with Crippen LogP contribution in [0.25, 0.3) is 16.9 Å². The van der Waals surface area contributed by atoms with Crippen molar-refractivity contribution in [3.63, 3.8) is 0 Å². The zero-order valence-corrected chi connectivity index (χ0v) is 19.1. The Kier molecular flexibility index (Phi) is 5.13. The van der Waals surface area contributed by atoms with Crippen LogP contribution in [-0.2, 0) is 11.8 Å². The second kappa shape index (κ2) is 7.83. The molecule has 4 heteroatoms. The third-order valence-corrected chi connectivity index (χ3v) is 7.82. The Balaban J connectivity index is 1.83. The van der Waals surface area contributed by atoms with Crippen molar-refractivity contribution in [2.45, 2.75) is 56.5 Å². The molecular formula is C27H28N2OS. The van der Waals surface area contributed by atoms with Crippen LogP contribution in [0.3, 0.4) is 0 Å². The third-order valence-electron chi connectivity index (χ3n) is 6.65. The molecule has 0 radical (unpaired) electrons. The Morgan fingerprint density at radius 2 is 1.94 bits per heavy atom. The van der Waals surface area contributed by atoms with E-state index in [1.807, 2.05) is 23.6 Å². The molecule has 0 amide bonds. The van der Waals surface area contributed by atoms with Gasteiger partial charge in [-0.05, 0) is 56.4 Å². The SMILES string of the molecule is C=C(C)CSc1nc2c(c(=O)n1-c1cccc(C)c1)C1(CCCC1)Cc1ccccc1-2. The molecule has 3 nitrogen and oxygen atoms in total. The fraction of sp³-hybridized carbons (Fsp3) is 0.333. The Hall–Kier alpha value is -2.59. The maximum Gasteiger partial charge on any atom is 0.263 e. The summed E-state index contributed by atoms with van der Waals surface area (Å²) in [4.78, 5) is 19.4. The minimum Gasteiger partial charge on any atom is -0.268 e. The van der Waals surface area contributed by atoms with Gasteiger partial charge in [0.2, 0.25) is 0 Å². The summed E-state index contributed by atoms with van der Waals surface area (Å²) in [6, 6.07) is 16.7. The quantitative estimate of drug-likeness (QED) is 0.280. The molecule has 2 aliphatic rings. The number of benzene rings is 2. The Labute approximate surface area is 188 Å². The van der Waals surface area contributed by atoms with Crippen LogP contribution in [0, 0.1) is 6.92 Å². The lowest BCUT2D eigenvalue weighted by molar-refractivity contribution is 0.422. The summed E-state index contributed by atoms with van der Waals surface area (Å²) >= 11 is 1.60. The molecule has 0 aliphatic heterocycles. The average molecular weight is 429 g/mol. The molecule has 0 unspecified atom stereocenters. The molecule has 3 aromatic rings. The Morgan fingerprint density at radius 1 is 1.16 bits per heavy atom. The first kappa shape index (κ1) is 20.3. The lowest BCUT2D eigenvalue weighted by Gasteiger charge is -2.36. The Morgan fingerprint density at radius 3 is 2.68 bits per heavy atom. The van der Waals surface area contributed by atoms with E-state index in [1.54, 1.807) is 11.8 Å². The van der Waals surface area contributed by atoms with Gasteiger partial charge in [-0.2, -0.15) is 0 Å². The van der Waals surface area contributed by atoms with E-state index in [1.165, 1.54) is 18.4 Å². The van der Waals surface area contributed by atoms with E-state index in [2.05, 4.69) is 49.9 Å². The zero-order chi connectivity index (χ0) is 21.6. The molecule has 0 N–H and O–H groups in total. The number of thioether (sulfide) groups is 1. The van der Waals surface area contributed by atoms with Gasteiger partial charge in [0.05, 0.1) is 16.9 Å². The van der Waals surface area contributed by atoms with E-state index in [4.69, 9.17) is 4.98 Å². The smallest absolute Gasteiger partial charge is 0.263 e. The number of rotatable bonds is 4. The van der Waals surface area contributed by atoms with E-state index < -0.39 is 0 Å². The highest BCUT2D eigenvalue weighted by molar-refractivity contribution is 7.99. The van der Waals surface area contributed by atoms with Crippen molar-refractivity contribution in [2.75, 3.05) is 5.75 Å². The second-order valence-corrected chi connectivity index (χ2v) is 10.1. The fourth-order valence-electron chi connectivity index (χ4n) is 5.29. The summed E-state index contributed by atoms with van der Waals surface area (Å²) < 4.78 is 1.85. The molecule has 1 saturated carbocycles. The first-order valence-electron chi connectivity index (χ1n) is 11.1. The molecular weight excluding hydrogens is 400 g/mol. The Bertz CT molecular complexity index is 1230. The topological polar surface area (TPSA) is 34.9 Å². The van der Waals surface area contributed by atoms with Crippen molar-refractivity contribution in [1.29, 1.82) is 0 Å². The summed E-state index contributed by atoms with van der Waals surface area (Å²) in [5.74, 6) is 0.740. The monoisotopic (exact) mass is 428 g/mol. The van der Waals surface area contributed by atoms with E-state index in [0.717, 1.165) is 63.8 Å². The van der Waals surface area contributed by atoms with Gasteiger partial charge in [0.1, 0.15) is 0 Å². The lowest BCUT2D eigenvalue weighted by Crippen LogP contribution is -2.40. The molecule has 31 heavy (non-hydrogen) atoms. The van der Waals surface area contributed by atoms with Gasteiger partial charge >= 0.3 is 0 Å². The maximum atomic E-state index is 14.2. The first-order chi connectivity index (χ1) is 15.0. The molecule has 1 spiro atoms. The lowest BCUT2D eigenvalue weighted by atomic mass is 9.68. The van der Waals surface area contributed by atoms with Crippen molar-refractivity contribution >= 4 is 11.8 Å². The van der Waals surface area contributed by atoms with Crippen molar-refractivity contribution in [3.8, 4) is 16.9 Å². The molecule has 0 bridgehead atoms. The van der Waals surface area contributed by atoms with Crippen LogP contribution in [0.4, 0.5) is 0 Å². The van der Waals surface area contributed by atoms with Gasteiger partial charge in [-0.15, -0.1) is 0 Å². The highest BCUT2D eigenvalue weighted by Gasteiger charge is 2.44. The largest absolute Gasteiger partial charge is 0.268 e. The predicted molar refractivity (Wildman–Crippen MR) is 129 cm³/mol. The van der Waals surface area contributed by atoms with Crippen molar-refractivity contribution in [2.24, 2.45) is 0 Å². The summed E-state index contributed by atoms with van der Waals surface area (Å²) in [5.41, 5.74) is 7.42. The number of aromatic nitrogens is 2. The minimum absolute atomic E-state index is 0.0864. The standard InChI is InChI=1S/C27H28N2OS/c1-18(2)17-31-26-28-24-22-12-5-4-10-20(22)16-27(13-6-7-14-27)23(24)25(30)29(26)21-11-8-9-19(3)15-21/h4-5,8-12,15H,1,6-7,13-14,16-17H2,2-3H3. The number of aryl methyl sites for hydroxylation is 1. The molecule has 158 valence electrons. The van der Waals surface area contributed by atoms with Crippen LogP contribution in [-0.4, -0.2) is 15.3 Å². The van der Waals surface area contributed by atoms with Gasteiger partial charge < -0.3 is 0 Å². The molecule has 1 fully saturated rings. The molecule has 2 aromatic carbocycles. The molecule has 1 aromatic heterocycles. The van der Waals surface area contributed by atoms with Crippen LogP contribution >= 0.6 is 11.8 Å². The minimum atomic E-state index is -0.0864. The molecule has 2 aliphatic carbocycles. The maximum absolute atomic E-state index is 14.2. The zero-order valence-electron chi connectivity index (χ0n) is 18.3. The number of hydrogen-bond donors (Lipinski definition) is 0. The number of nitrogens with zero attached hydrogens (tertiary/aromatic N) is 2. The molecule has 5 rings (SSSR count). The van der Waals surface area contributed by atoms with Gasteiger partial charge in [-0.1, -0.05) is 73.2 Å². The third kappa shape index (κ3) is 3.47. The van der Waals surface area contributed by atoms with Crippen LogP contribution in [0.5, 0.6) is 0 Å². The van der Waals surface area contributed by atoms with Crippen molar-refractivity contribution in [1.82, 2.24) is 9.55 Å². The van der Waals surface area contributed by atoms with Gasteiger partial charge in [0.25, 0.3) is 5.56 Å². The van der Waals surface area contributed by atoms with Crippen LogP contribution in [0.2, 0.25) is 0 Å². The number of fused-ring (bicyclic) bond motifs is 4. The van der Waals surface area contributed by atoms with Crippen LogP contribution < -0.4 is 5.56 Å². The van der Waals surface area contributed by atoms with Crippen molar-refractivity contribution < 1.29 is 0 Å². The van der Waals surface area contributed by atoms with Gasteiger partial charge in [-0.25, -0.2) is 4.98 Å². The second-order valence-electron chi connectivity index (χ2n) is 9.16. The number of hydrogen-bond acceptors (Lipinski definition) is 3.